The molecule has 24 heavy (non-hydrogen) atoms. The van der Waals surface area contributed by atoms with Gasteiger partial charge >= 0.3 is 0 Å². The highest BCUT2D eigenvalue weighted by Gasteiger charge is 2.12. The zero-order valence-corrected chi connectivity index (χ0v) is 15.2. The van der Waals surface area contributed by atoms with E-state index in [0.717, 1.165) is 11.3 Å². The minimum Gasteiger partial charge on any atom is -0.394 e. The number of hydrogen-bond acceptors (Lipinski definition) is 6. The second-order valence-electron chi connectivity index (χ2n) is 5.04. The van der Waals surface area contributed by atoms with Crippen LogP contribution in [-0.4, -0.2) is 37.0 Å². The molecule has 0 aliphatic heterocycles. The Hall–Kier alpha value is -2.06. The van der Waals surface area contributed by atoms with Crippen LogP contribution in [0, 0.1) is 6.92 Å². The number of aryl methyl sites for hydroxylation is 1. The van der Waals surface area contributed by atoms with Gasteiger partial charge in [-0.05, 0) is 31.7 Å². The van der Waals surface area contributed by atoms with Gasteiger partial charge in [-0.25, -0.2) is 4.98 Å². The Kier molecular flexibility index (Phi) is 5.06. The highest BCUT2D eigenvalue weighted by Crippen LogP contribution is 2.14. The fourth-order valence-electron chi connectivity index (χ4n) is 2.26. The van der Waals surface area contributed by atoms with Crippen molar-refractivity contribution in [3.8, 4) is 0 Å². The first-order valence-corrected chi connectivity index (χ1v) is 9.00. The van der Waals surface area contributed by atoms with Crippen LogP contribution in [0.2, 0.25) is 5.15 Å². The standard InChI is InChI=1S/C15H17ClN6OS/c1-4-23-20-13-7-10(2)21(9-11-5-6-12(16)17-8-11)15-18-14(24-3)19-22(13)15/h5-8H,4,9H2,1-3H3. The van der Waals surface area contributed by atoms with Crippen molar-refractivity contribution < 1.29 is 4.84 Å². The summed E-state index contributed by atoms with van der Waals surface area (Å²) < 4.78 is 3.75. The average Bonchev–Trinajstić information content (AvgIpc) is 3.02. The summed E-state index contributed by atoms with van der Waals surface area (Å²) >= 11 is 7.34. The first-order chi connectivity index (χ1) is 11.6. The van der Waals surface area contributed by atoms with Crippen molar-refractivity contribution in [2.24, 2.45) is 5.16 Å². The molecule has 0 saturated carbocycles. The highest BCUT2D eigenvalue weighted by molar-refractivity contribution is 7.98. The van der Waals surface area contributed by atoms with E-state index in [1.54, 1.807) is 16.8 Å². The van der Waals surface area contributed by atoms with Gasteiger partial charge in [0.25, 0.3) is 0 Å². The lowest BCUT2D eigenvalue weighted by molar-refractivity contribution is 0.144. The van der Waals surface area contributed by atoms with Gasteiger partial charge in [0.15, 0.2) is 5.49 Å². The molecule has 0 atom stereocenters. The molecule has 126 valence electrons. The molecular formula is C15H17ClN6OS. The van der Waals surface area contributed by atoms with Gasteiger partial charge in [0.1, 0.15) is 11.8 Å². The molecular weight excluding hydrogens is 348 g/mol. The van der Waals surface area contributed by atoms with E-state index in [1.807, 2.05) is 32.2 Å². The van der Waals surface area contributed by atoms with Crippen molar-refractivity contribution in [1.29, 1.82) is 0 Å². The quantitative estimate of drug-likeness (QED) is 0.395. The zero-order valence-electron chi connectivity index (χ0n) is 13.6. The monoisotopic (exact) mass is 364 g/mol. The summed E-state index contributed by atoms with van der Waals surface area (Å²) in [6.45, 7) is 5.00. The molecule has 7 nitrogen and oxygen atoms in total. The SMILES string of the molecule is CCON=c1cc(C)n(Cc2ccc(Cl)nc2)c2nc(SC)nn12. The summed E-state index contributed by atoms with van der Waals surface area (Å²) in [4.78, 5) is 13.9. The first-order valence-electron chi connectivity index (χ1n) is 7.40. The van der Waals surface area contributed by atoms with Gasteiger partial charge in [0.2, 0.25) is 10.9 Å². The van der Waals surface area contributed by atoms with Crippen LogP contribution in [0.3, 0.4) is 0 Å². The van der Waals surface area contributed by atoms with E-state index >= 15 is 0 Å². The Labute approximate surface area is 148 Å². The first kappa shape index (κ1) is 16.8. The third-order valence-corrected chi connectivity index (χ3v) is 4.15. The van der Waals surface area contributed by atoms with Gasteiger partial charge < -0.3 is 9.40 Å². The molecule has 0 N–H and O–H groups in total. The molecule has 0 saturated heterocycles. The number of thioether (sulfide) groups is 1. The predicted molar refractivity (Wildman–Crippen MR) is 93.0 cm³/mol. The predicted octanol–water partition coefficient (Wildman–Crippen LogP) is 2.51. The molecule has 0 amide bonds. The fourth-order valence-corrected chi connectivity index (χ4v) is 2.71. The van der Waals surface area contributed by atoms with E-state index in [2.05, 4.69) is 24.8 Å². The summed E-state index contributed by atoms with van der Waals surface area (Å²) in [6, 6.07) is 5.65. The maximum Gasteiger partial charge on any atom is 0.235 e. The van der Waals surface area contributed by atoms with E-state index in [1.165, 1.54) is 11.8 Å². The second-order valence-corrected chi connectivity index (χ2v) is 6.20. The fraction of sp³-hybridized carbons (Fsp3) is 0.333. The molecule has 0 aromatic carbocycles. The minimum atomic E-state index is 0.476. The normalized spacial score (nSPS) is 12.1. The summed E-state index contributed by atoms with van der Waals surface area (Å²) in [5, 5.41) is 9.76. The van der Waals surface area contributed by atoms with Crippen molar-refractivity contribution in [2.75, 3.05) is 12.9 Å². The van der Waals surface area contributed by atoms with Crippen LogP contribution in [0.1, 0.15) is 18.2 Å². The van der Waals surface area contributed by atoms with Gasteiger partial charge in [-0.2, -0.15) is 9.50 Å². The highest BCUT2D eigenvalue weighted by atomic mass is 35.5. The molecule has 9 heteroatoms. The zero-order chi connectivity index (χ0) is 17.1. The third kappa shape index (κ3) is 3.39. The molecule has 0 bridgehead atoms. The van der Waals surface area contributed by atoms with Crippen LogP contribution in [0.5, 0.6) is 0 Å². The molecule has 0 spiro atoms. The van der Waals surface area contributed by atoms with Crippen molar-refractivity contribution in [3.05, 3.63) is 46.3 Å². The molecule has 0 fully saturated rings. The third-order valence-electron chi connectivity index (χ3n) is 3.39. The molecule has 3 aromatic heterocycles. The number of fused-ring (bicyclic) bond motifs is 1. The van der Waals surface area contributed by atoms with Crippen LogP contribution in [0.15, 0.2) is 34.7 Å². The van der Waals surface area contributed by atoms with E-state index in [9.17, 15) is 0 Å². The molecule has 3 rings (SSSR count). The van der Waals surface area contributed by atoms with Crippen LogP contribution >= 0.6 is 23.4 Å². The number of pyridine rings is 1. The van der Waals surface area contributed by atoms with E-state index in [0.29, 0.717) is 34.7 Å². The van der Waals surface area contributed by atoms with Crippen LogP contribution < -0.4 is 5.49 Å². The van der Waals surface area contributed by atoms with Crippen molar-refractivity contribution in [3.63, 3.8) is 0 Å². The lowest BCUT2D eigenvalue weighted by atomic mass is 10.2. The molecule has 3 heterocycles. The minimum absolute atomic E-state index is 0.476. The number of rotatable bonds is 5. The van der Waals surface area contributed by atoms with Gasteiger partial charge in [0, 0.05) is 18.0 Å². The van der Waals surface area contributed by atoms with Gasteiger partial charge in [0.05, 0.1) is 6.54 Å². The van der Waals surface area contributed by atoms with E-state index in [-0.39, 0.29) is 0 Å². The summed E-state index contributed by atoms with van der Waals surface area (Å²) in [5.41, 5.74) is 2.64. The number of nitrogens with zero attached hydrogens (tertiary/aromatic N) is 6. The Morgan fingerprint density at radius 3 is 2.88 bits per heavy atom. The maximum atomic E-state index is 5.86. The lowest BCUT2D eigenvalue weighted by Crippen LogP contribution is -2.22. The largest absolute Gasteiger partial charge is 0.394 e. The summed E-state index contributed by atoms with van der Waals surface area (Å²) in [5.74, 6) is 0.702. The van der Waals surface area contributed by atoms with Crippen molar-refractivity contribution >= 4 is 29.1 Å². The van der Waals surface area contributed by atoms with Gasteiger partial charge in [-0.1, -0.05) is 34.6 Å². The Balaban J connectivity index is 2.15. The topological polar surface area (TPSA) is 69.6 Å². The van der Waals surface area contributed by atoms with Gasteiger partial charge in [-0.15, -0.1) is 5.10 Å². The number of halogens is 1. The molecule has 0 unspecified atom stereocenters. The molecule has 3 aromatic rings. The van der Waals surface area contributed by atoms with Crippen LogP contribution in [0.25, 0.3) is 5.78 Å². The van der Waals surface area contributed by atoms with Crippen LogP contribution in [-0.2, 0) is 11.4 Å². The van der Waals surface area contributed by atoms with Crippen LogP contribution in [0.4, 0.5) is 0 Å². The maximum absolute atomic E-state index is 5.86. The lowest BCUT2D eigenvalue weighted by Gasteiger charge is -2.12. The summed E-state index contributed by atoms with van der Waals surface area (Å²) in [6.07, 6.45) is 3.70. The number of aromatic nitrogens is 5. The van der Waals surface area contributed by atoms with Crippen molar-refractivity contribution in [1.82, 2.24) is 24.1 Å². The average molecular weight is 365 g/mol. The Morgan fingerprint density at radius 1 is 1.38 bits per heavy atom. The second kappa shape index (κ2) is 7.23. The summed E-state index contributed by atoms with van der Waals surface area (Å²) in [7, 11) is 0. The van der Waals surface area contributed by atoms with Gasteiger partial charge in [-0.3, -0.25) is 0 Å². The van der Waals surface area contributed by atoms with Crippen molar-refractivity contribution in [2.45, 2.75) is 25.5 Å². The van der Waals surface area contributed by atoms with E-state index < -0.39 is 0 Å². The van der Waals surface area contributed by atoms with E-state index in [4.69, 9.17) is 16.4 Å². The Morgan fingerprint density at radius 2 is 2.21 bits per heavy atom. The molecule has 0 aliphatic carbocycles. The smallest absolute Gasteiger partial charge is 0.235 e. The molecule has 0 radical (unpaired) electrons. The number of hydrogen-bond donors (Lipinski definition) is 0. The molecule has 0 aliphatic rings. The Bertz CT molecular complexity index is 918.